The Morgan fingerprint density at radius 2 is 2.10 bits per heavy atom. The minimum Gasteiger partial charge on any atom is -0.485 e. The van der Waals surface area contributed by atoms with E-state index >= 15 is 0 Å². The molecule has 2 aromatic rings. The lowest BCUT2D eigenvalue weighted by molar-refractivity contribution is 0.191. The predicted molar refractivity (Wildman–Crippen MR) is 124 cm³/mol. The van der Waals surface area contributed by atoms with Crippen molar-refractivity contribution in [2.75, 3.05) is 24.7 Å². The van der Waals surface area contributed by atoms with Crippen LogP contribution in [-0.4, -0.2) is 40.5 Å². The van der Waals surface area contributed by atoms with Gasteiger partial charge in [0, 0.05) is 31.8 Å². The SMILES string of the molecule is CN=C(C)c1ccc2c(c1)CC(c1c(Cl)nc(N)nc1NC1CC(CO)C(C)C1C)O2. The van der Waals surface area contributed by atoms with E-state index in [2.05, 4.69) is 40.2 Å². The van der Waals surface area contributed by atoms with Crippen LogP contribution in [0, 0.1) is 17.8 Å². The molecule has 166 valence electrons. The van der Waals surface area contributed by atoms with Gasteiger partial charge in [-0.2, -0.15) is 4.98 Å². The van der Waals surface area contributed by atoms with Crippen LogP contribution in [0.3, 0.4) is 0 Å². The van der Waals surface area contributed by atoms with E-state index < -0.39 is 0 Å². The molecule has 0 spiro atoms. The lowest BCUT2D eigenvalue weighted by Crippen LogP contribution is -2.26. The topological polar surface area (TPSA) is 106 Å². The van der Waals surface area contributed by atoms with Crippen molar-refractivity contribution in [3.8, 4) is 5.75 Å². The van der Waals surface area contributed by atoms with E-state index in [4.69, 9.17) is 22.1 Å². The fourth-order valence-corrected chi connectivity index (χ4v) is 5.07. The van der Waals surface area contributed by atoms with Crippen LogP contribution >= 0.6 is 11.6 Å². The number of aliphatic imine (C=N–C) groups is 1. The Balaban J connectivity index is 1.63. The van der Waals surface area contributed by atoms with E-state index in [-0.39, 0.29) is 30.6 Å². The lowest BCUT2D eigenvalue weighted by Gasteiger charge is -2.24. The molecule has 1 fully saturated rings. The van der Waals surface area contributed by atoms with Gasteiger partial charge in [-0.05, 0) is 60.4 Å². The second kappa shape index (κ2) is 8.63. The van der Waals surface area contributed by atoms with Crippen LogP contribution in [0.4, 0.5) is 11.8 Å². The average Bonchev–Trinajstić information content (AvgIpc) is 3.27. The van der Waals surface area contributed by atoms with Crippen molar-refractivity contribution < 1.29 is 9.84 Å². The van der Waals surface area contributed by atoms with E-state index in [0.717, 1.165) is 34.6 Å². The number of anilines is 2. The highest BCUT2D eigenvalue weighted by Crippen LogP contribution is 2.43. The maximum absolute atomic E-state index is 9.71. The fourth-order valence-electron chi connectivity index (χ4n) is 4.78. The number of nitrogens with zero attached hydrogens (tertiary/aromatic N) is 3. The Labute approximate surface area is 188 Å². The van der Waals surface area contributed by atoms with Gasteiger partial charge in [0.1, 0.15) is 22.8 Å². The molecule has 1 aromatic heterocycles. The molecule has 0 amide bonds. The third kappa shape index (κ3) is 4.08. The minimum absolute atomic E-state index is 0.126. The summed E-state index contributed by atoms with van der Waals surface area (Å²) in [6.45, 7) is 6.56. The van der Waals surface area contributed by atoms with Gasteiger partial charge in [-0.15, -0.1) is 0 Å². The molecule has 4 N–H and O–H groups in total. The van der Waals surface area contributed by atoms with E-state index in [1.807, 2.05) is 19.1 Å². The molecule has 1 aromatic carbocycles. The molecule has 2 heterocycles. The Bertz CT molecular complexity index is 1010. The van der Waals surface area contributed by atoms with Crippen molar-refractivity contribution in [2.45, 2.75) is 45.8 Å². The summed E-state index contributed by atoms with van der Waals surface area (Å²) in [5.74, 6) is 2.62. The zero-order chi connectivity index (χ0) is 22.3. The Morgan fingerprint density at radius 3 is 2.77 bits per heavy atom. The first kappa shape index (κ1) is 21.8. The highest BCUT2D eigenvalue weighted by Gasteiger charge is 2.39. The summed E-state index contributed by atoms with van der Waals surface area (Å²) in [6, 6.07) is 6.27. The number of ether oxygens (including phenoxy) is 1. The van der Waals surface area contributed by atoms with E-state index in [9.17, 15) is 5.11 Å². The van der Waals surface area contributed by atoms with Gasteiger partial charge in [0.25, 0.3) is 0 Å². The molecule has 5 atom stereocenters. The van der Waals surface area contributed by atoms with Gasteiger partial charge < -0.3 is 20.9 Å². The number of nitrogen functional groups attached to an aromatic ring is 1. The number of aliphatic hydroxyl groups is 1. The third-order valence-corrected chi connectivity index (χ3v) is 7.34. The molecule has 1 aliphatic heterocycles. The van der Waals surface area contributed by atoms with Gasteiger partial charge in [-0.25, -0.2) is 4.98 Å². The van der Waals surface area contributed by atoms with Gasteiger partial charge >= 0.3 is 0 Å². The smallest absolute Gasteiger partial charge is 0.223 e. The number of aliphatic hydroxyl groups excluding tert-OH is 1. The normalized spacial score (nSPS) is 27.8. The minimum atomic E-state index is -0.303. The average molecular weight is 444 g/mol. The molecule has 2 aliphatic rings. The second-order valence-corrected chi connectivity index (χ2v) is 9.08. The van der Waals surface area contributed by atoms with Crippen LogP contribution < -0.4 is 15.8 Å². The van der Waals surface area contributed by atoms with Crippen molar-refractivity contribution >= 4 is 29.1 Å². The van der Waals surface area contributed by atoms with E-state index in [1.54, 1.807) is 7.05 Å². The summed E-state index contributed by atoms with van der Waals surface area (Å²) in [5.41, 5.74) is 9.81. The van der Waals surface area contributed by atoms with Crippen molar-refractivity contribution in [2.24, 2.45) is 22.7 Å². The van der Waals surface area contributed by atoms with Crippen molar-refractivity contribution in [3.05, 3.63) is 40.0 Å². The summed E-state index contributed by atoms with van der Waals surface area (Å²) in [6.07, 6.45) is 1.23. The number of hydrogen-bond donors (Lipinski definition) is 3. The Kier molecular flexibility index (Phi) is 6.08. The molecular weight excluding hydrogens is 414 g/mol. The molecule has 1 aliphatic carbocycles. The van der Waals surface area contributed by atoms with E-state index in [0.29, 0.717) is 29.2 Å². The Morgan fingerprint density at radius 1 is 1.32 bits per heavy atom. The first-order chi connectivity index (χ1) is 14.8. The zero-order valence-electron chi connectivity index (χ0n) is 18.4. The number of halogens is 1. The maximum Gasteiger partial charge on any atom is 0.223 e. The molecule has 0 radical (unpaired) electrons. The molecule has 4 rings (SSSR count). The maximum atomic E-state index is 9.71. The molecular formula is C23H30ClN5O2. The van der Waals surface area contributed by atoms with Crippen LogP contribution in [-0.2, 0) is 6.42 Å². The number of aromatic nitrogens is 2. The van der Waals surface area contributed by atoms with Gasteiger partial charge in [-0.3, -0.25) is 4.99 Å². The molecule has 8 heteroatoms. The highest BCUT2D eigenvalue weighted by atomic mass is 35.5. The summed E-state index contributed by atoms with van der Waals surface area (Å²) >= 11 is 6.56. The number of nitrogens with two attached hydrogens (primary N) is 1. The monoisotopic (exact) mass is 443 g/mol. The van der Waals surface area contributed by atoms with Crippen LogP contribution in [0.2, 0.25) is 5.15 Å². The lowest BCUT2D eigenvalue weighted by atomic mass is 9.92. The summed E-state index contributed by atoms with van der Waals surface area (Å²) in [4.78, 5) is 13.0. The molecule has 5 unspecified atom stereocenters. The Hall–Kier alpha value is -2.38. The van der Waals surface area contributed by atoms with Crippen molar-refractivity contribution in [1.29, 1.82) is 0 Å². The molecule has 0 saturated heterocycles. The number of fused-ring (bicyclic) bond motifs is 1. The number of nitrogens with one attached hydrogen (secondary N) is 1. The zero-order valence-corrected chi connectivity index (χ0v) is 19.1. The summed E-state index contributed by atoms with van der Waals surface area (Å²) < 4.78 is 6.25. The quantitative estimate of drug-likeness (QED) is 0.478. The number of hydrogen-bond acceptors (Lipinski definition) is 7. The first-order valence-corrected chi connectivity index (χ1v) is 11.1. The number of rotatable bonds is 5. The molecule has 31 heavy (non-hydrogen) atoms. The standard InChI is InChI=1S/C23H30ClN5O2/c1-11-12(2)17(8-16(11)10-30)27-22-20(21(24)28-23(25)29-22)19-9-15-7-14(13(3)26-4)5-6-18(15)31-19/h5-7,11-12,16-17,19,30H,8-10H2,1-4H3,(H3,25,27,28,29). The van der Waals surface area contributed by atoms with Crippen LogP contribution in [0.1, 0.15) is 50.0 Å². The second-order valence-electron chi connectivity index (χ2n) is 8.72. The summed E-state index contributed by atoms with van der Waals surface area (Å²) in [7, 11) is 1.79. The van der Waals surface area contributed by atoms with Crippen LogP contribution in [0.25, 0.3) is 0 Å². The largest absolute Gasteiger partial charge is 0.485 e. The molecule has 1 saturated carbocycles. The number of benzene rings is 1. The van der Waals surface area contributed by atoms with Gasteiger partial charge in [-0.1, -0.05) is 25.4 Å². The van der Waals surface area contributed by atoms with E-state index in [1.165, 1.54) is 0 Å². The molecule has 0 bridgehead atoms. The van der Waals surface area contributed by atoms with Crippen LogP contribution in [0.15, 0.2) is 23.2 Å². The van der Waals surface area contributed by atoms with Crippen molar-refractivity contribution in [1.82, 2.24) is 9.97 Å². The third-order valence-electron chi connectivity index (χ3n) is 7.05. The van der Waals surface area contributed by atoms with Crippen molar-refractivity contribution in [3.63, 3.8) is 0 Å². The molecule has 7 nitrogen and oxygen atoms in total. The fraction of sp³-hybridized carbons (Fsp3) is 0.522. The van der Waals surface area contributed by atoms with Crippen LogP contribution in [0.5, 0.6) is 5.75 Å². The van der Waals surface area contributed by atoms with Gasteiger partial charge in [0.15, 0.2) is 0 Å². The summed E-state index contributed by atoms with van der Waals surface area (Å²) in [5, 5.41) is 13.6. The van der Waals surface area contributed by atoms with Gasteiger partial charge in [0.2, 0.25) is 5.95 Å². The first-order valence-electron chi connectivity index (χ1n) is 10.8. The van der Waals surface area contributed by atoms with Gasteiger partial charge in [0.05, 0.1) is 5.56 Å². The highest BCUT2D eigenvalue weighted by molar-refractivity contribution is 6.30. The predicted octanol–water partition coefficient (Wildman–Crippen LogP) is 3.89.